The lowest BCUT2D eigenvalue weighted by molar-refractivity contribution is 0.0920. The second kappa shape index (κ2) is 5.14. The first kappa shape index (κ1) is 13.3. The third kappa shape index (κ3) is 2.25. The van der Waals surface area contributed by atoms with E-state index in [4.69, 9.17) is 4.74 Å². The van der Waals surface area contributed by atoms with Crippen molar-refractivity contribution in [3.05, 3.63) is 52.8 Å². The highest BCUT2D eigenvalue weighted by Gasteiger charge is 2.24. The van der Waals surface area contributed by atoms with Crippen molar-refractivity contribution in [1.29, 1.82) is 0 Å². The molecule has 1 unspecified atom stereocenters. The summed E-state index contributed by atoms with van der Waals surface area (Å²) >= 11 is 1.58. The zero-order valence-electron chi connectivity index (χ0n) is 11.6. The van der Waals surface area contributed by atoms with Crippen molar-refractivity contribution >= 4 is 27.5 Å². The Morgan fingerprint density at radius 2 is 2.27 bits per heavy atom. The molecule has 0 radical (unpaired) electrons. The number of ether oxygens (including phenoxy) is 1. The molecule has 4 rings (SSSR count). The highest BCUT2D eigenvalue weighted by Crippen LogP contribution is 2.32. The smallest absolute Gasteiger partial charge is 0.268 e. The minimum Gasteiger partial charge on any atom is -0.493 e. The lowest BCUT2D eigenvalue weighted by Gasteiger charge is -2.26. The Hall–Kier alpha value is -2.34. The fourth-order valence-corrected chi connectivity index (χ4v) is 3.50. The van der Waals surface area contributed by atoms with Crippen LogP contribution in [0.25, 0.3) is 10.2 Å². The molecule has 22 heavy (non-hydrogen) atoms. The standard InChI is InChI=1S/C16H13FN2O2S/c17-9-1-2-14-10(7-9)11(3-5-21-14)19-16(20)13-8-15-12(18-13)4-6-22-15/h1-2,4,6-8,11,18H,3,5H2,(H,19,20). The topological polar surface area (TPSA) is 54.1 Å². The van der Waals surface area contributed by atoms with E-state index in [0.717, 1.165) is 10.2 Å². The van der Waals surface area contributed by atoms with Gasteiger partial charge >= 0.3 is 0 Å². The number of H-pyrrole nitrogens is 1. The fourth-order valence-electron chi connectivity index (χ4n) is 2.72. The minimum absolute atomic E-state index is 0.189. The Bertz CT molecular complexity index is 826. The number of fused-ring (bicyclic) bond motifs is 2. The number of aromatic amines is 1. The van der Waals surface area contributed by atoms with Gasteiger partial charge in [0.2, 0.25) is 0 Å². The van der Waals surface area contributed by atoms with Crippen LogP contribution >= 0.6 is 11.3 Å². The monoisotopic (exact) mass is 316 g/mol. The number of benzene rings is 1. The van der Waals surface area contributed by atoms with E-state index in [1.165, 1.54) is 12.1 Å². The van der Waals surface area contributed by atoms with Crippen molar-refractivity contribution < 1.29 is 13.9 Å². The summed E-state index contributed by atoms with van der Waals surface area (Å²) in [6.07, 6.45) is 0.622. The molecule has 0 aliphatic carbocycles. The molecule has 3 aromatic rings. The summed E-state index contributed by atoms with van der Waals surface area (Å²) in [6, 6.07) is 7.92. The van der Waals surface area contributed by atoms with Crippen molar-refractivity contribution in [3.8, 4) is 5.75 Å². The van der Waals surface area contributed by atoms with Gasteiger partial charge in [-0.2, -0.15) is 0 Å². The van der Waals surface area contributed by atoms with Crippen LogP contribution in [0.15, 0.2) is 35.7 Å². The van der Waals surface area contributed by atoms with Gasteiger partial charge in [-0.1, -0.05) is 0 Å². The van der Waals surface area contributed by atoms with Crippen molar-refractivity contribution in [2.24, 2.45) is 0 Å². The molecule has 0 saturated carbocycles. The van der Waals surface area contributed by atoms with Crippen molar-refractivity contribution in [2.75, 3.05) is 6.61 Å². The molecule has 2 N–H and O–H groups in total. The third-order valence-corrected chi connectivity index (χ3v) is 4.67. The zero-order valence-corrected chi connectivity index (χ0v) is 12.4. The summed E-state index contributed by atoms with van der Waals surface area (Å²) in [4.78, 5) is 15.5. The first-order valence-electron chi connectivity index (χ1n) is 7.00. The van der Waals surface area contributed by atoms with Crippen LogP contribution in [0.3, 0.4) is 0 Å². The number of aromatic nitrogens is 1. The van der Waals surface area contributed by atoms with Crippen LogP contribution in [0.2, 0.25) is 0 Å². The van der Waals surface area contributed by atoms with Gasteiger partial charge in [0.1, 0.15) is 17.3 Å². The molecule has 112 valence electrons. The maximum absolute atomic E-state index is 13.5. The van der Waals surface area contributed by atoms with E-state index >= 15 is 0 Å². The molecule has 4 nitrogen and oxygen atoms in total. The predicted octanol–water partition coefficient (Wildman–Crippen LogP) is 3.62. The summed E-state index contributed by atoms with van der Waals surface area (Å²) in [5.74, 6) is 0.111. The van der Waals surface area contributed by atoms with E-state index < -0.39 is 0 Å². The van der Waals surface area contributed by atoms with Crippen molar-refractivity contribution in [1.82, 2.24) is 10.3 Å². The van der Waals surface area contributed by atoms with Crippen LogP contribution in [-0.2, 0) is 0 Å². The SMILES string of the molecule is O=C(NC1CCOc2ccc(F)cc21)c1cc2sccc2[nH]1. The Labute approximate surface area is 129 Å². The quantitative estimate of drug-likeness (QED) is 0.758. The van der Waals surface area contributed by atoms with E-state index in [9.17, 15) is 9.18 Å². The number of carbonyl (C=O) groups excluding carboxylic acids is 1. The van der Waals surface area contributed by atoms with E-state index in [0.29, 0.717) is 30.0 Å². The third-order valence-electron chi connectivity index (χ3n) is 3.80. The number of amides is 1. The largest absolute Gasteiger partial charge is 0.493 e. The first-order valence-corrected chi connectivity index (χ1v) is 7.88. The van der Waals surface area contributed by atoms with Gasteiger partial charge in [0.25, 0.3) is 5.91 Å². The Balaban J connectivity index is 1.60. The van der Waals surface area contributed by atoms with Crippen LogP contribution in [0.1, 0.15) is 28.5 Å². The summed E-state index contributed by atoms with van der Waals surface area (Å²) < 4.78 is 20.0. The van der Waals surface area contributed by atoms with Crippen LogP contribution in [0.5, 0.6) is 5.75 Å². The van der Waals surface area contributed by atoms with Gasteiger partial charge in [-0.3, -0.25) is 4.79 Å². The highest BCUT2D eigenvalue weighted by molar-refractivity contribution is 7.17. The molecule has 1 atom stereocenters. The summed E-state index contributed by atoms with van der Waals surface area (Å²) in [5, 5.41) is 4.93. The first-order chi connectivity index (χ1) is 10.7. The molecule has 0 saturated heterocycles. The molecule has 1 aliphatic heterocycles. The summed E-state index contributed by atoms with van der Waals surface area (Å²) in [7, 11) is 0. The van der Waals surface area contributed by atoms with Crippen molar-refractivity contribution in [3.63, 3.8) is 0 Å². The zero-order chi connectivity index (χ0) is 15.1. The highest BCUT2D eigenvalue weighted by atomic mass is 32.1. The van der Waals surface area contributed by atoms with E-state index in [1.807, 2.05) is 17.5 Å². The van der Waals surface area contributed by atoms with E-state index in [1.54, 1.807) is 17.4 Å². The van der Waals surface area contributed by atoms with E-state index in [-0.39, 0.29) is 17.8 Å². The van der Waals surface area contributed by atoms with E-state index in [2.05, 4.69) is 10.3 Å². The lowest BCUT2D eigenvalue weighted by atomic mass is 10.0. The Morgan fingerprint density at radius 1 is 1.36 bits per heavy atom. The van der Waals surface area contributed by atoms with Gasteiger partial charge < -0.3 is 15.0 Å². The Morgan fingerprint density at radius 3 is 3.14 bits per heavy atom. The predicted molar refractivity (Wildman–Crippen MR) is 82.9 cm³/mol. The average Bonchev–Trinajstić information content (AvgIpc) is 3.09. The van der Waals surface area contributed by atoms with Gasteiger partial charge in [0, 0.05) is 12.0 Å². The van der Waals surface area contributed by atoms with Gasteiger partial charge in [-0.05, 0) is 35.7 Å². The van der Waals surface area contributed by atoms with Crippen molar-refractivity contribution in [2.45, 2.75) is 12.5 Å². The van der Waals surface area contributed by atoms with Gasteiger partial charge in [-0.15, -0.1) is 11.3 Å². The van der Waals surface area contributed by atoms with Gasteiger partial charge in [-0.25, -0.2) is 4.39 Å². The number of hydrogen-bond donors (Lipinski definition) is 2. The lowest BCUT2D eigenvalue weighted by Crippen LogP contribution is -2.32. The molecule has 1 aliphatic rings. The number of rotatable bonds is 2. The average molecular weight is 316 g/mol. The molecular weight excluding hydrogens is 303 g/mol. The summed E-state index contributed by atoms with van der Waals surface area (Å²) in [5.41, 5.74) is 2.16. The van der Waals surface area contributed by atoms with Crippen LogP contribution < -0.4 is 10.1 Å². The minimum atomic E-state index is -0.330. The Kier molecular flexibility index (Phi) is 3.11. The molecule has 1 amide bonds. The molecule has 2 aromatic heterocycles. The second-order valence-corrected chi connectivity index (χ2v) is 6.17. The van der Waals surface area contributed by atoms with Gasteiger partial charge in [0.05, 0.1) is 22.9 Å². The van der Waals surface area contributed by atoms with Gasteiger partial charge in [0.15, 0.2) is 0 Å². The summed E-state index contributed by atoms with van der Waals surface area (Å²) in [6.45, 7) is 0.503. The molecule has 0 spiro atoms. The molecule has 1 aromatic carbocycles. The van der Waals surface area contributed by atoms with Crippen LogP contribution in [-0.4, -0.2) is 17.5 Å². The molecule has 0 bridgehead atoms. The maximum Gasteiger partial charge on any atom is 0.268 e. The molecule has 3 heterocycles. The molecular formula is C16H13FN2O2S. The number of carbonyl (C=O) groups is 1. The maximum atomic E-state index is 13.5. The molecule has 0 fully saturated rings. The fraction of sp³-hybridized carbons (Fsp3) is 0.188. The second-order valence-electron chi connectivity index (χ2n) is 5.23. The van der Waals surface area contributed by atoms with Crippen LogP contribution in [0, 0.1) is 5.82 Å². The number of halogens is 1. The number of nitrogens with one attached hydrogen (secondary N) is 2. The normalized spacial score (nSPS) is 17.0. The number of hydrogen-bond acceptors (Lipinski definition) is 3. The number of thiophene rings is 1. The molecule has 6 heteroatoms. The van der Waals surface area contributed by atoms with Crippen LogP contribution in [0.4, 0.5) is 4.39 Å².